The first-order chi connectivity index (χ1) is 14.6. The summed E-state index contributed by atoms with van der Waals surface area (Å²) in [4.78, 5) is 33.0. The van der Waals surface area contributed by atoms with Gasteiger partial charge in [0.25, 0.3) is 5.91 Å². The highest BCUT2D eigenvalue weighted by molar-refractivity contribution is 7.98. The highest BCUT2D eigenvalue weighted by Crippen LogP contribution is 2.30. The second-order valence-corrected chi connectivity index (χ2v) is 7.78. The fourth-order valence-corrected chi connectivity index (χ4v) is 3.61. The molecule has 9 heteroatoms. The molecule has 30 heavy (non-hydrogen) atoms. The molecule has 0 fully saturated rings. The average molecular weight is 426 g/mol. The van der Waals surface area contributed by atoms with Crippen molar-refractivity contribution in [3.05, 3.63) is 48.5 Å². The summed E-state index contributed by atoms with van der Waals surface area (Å²) < 4.78 is 11.3. The standard InChI is InChI=1S/C21H22N4O4S/c1-30-11-10-15(19(26)25-21-23-13-6-2-3-7-14(13)24-21)22-20(27)18-12-28-16-8-4-5-9-17(16)29-18/h2-9,15,18H,10-12H2,1H3,(H,22,27)(H2,23,24,25,26). The summed E-state index contributed by atoms with van der Waals surface area (Å²) in [6, 6.07) is 13.9. The van der Waals surface area contributed by atoms with Crippen LogP contribution < -0.4 is 20.1 Å². The second kappa shape index (κ2) is 9.08. The minimum atomic E-state index is -0.823. The number of thioether (sulfide) groups is 1. The van der Waals surface area contributed by atoms with E-state index in [1.54, 1.807) is 23.9 Å². The number of hydrogen-bond donors (Lipinski definition) is 3. The second-order valence-electron chi connectivity index (χ2n) is 6.80. The van der Waals surface area contributed by atoms with Crippen LogP contribution in [0.2, 0.25) is 0 Å². The lowest BCUT2D eigenvalue weighted by Crippen LogP contribution is -2.51. The van der Waals surface area contributed by atoms with Crippen LogP contribution in [0, 0.1) is 0 Å². The number of amides is 2. The van der Waals surface area contributed by atoms with Crippen LogP contribution in [-0.4, -0.2) is 52.5 Å². The van der Waals surface area contributed by atoms with E-state index in [2.05, 4.69) is 20.6 Å². The number of nitrogens with zero attached hydrogens (tertiary/aromatic N) is 1. The van der Waals surface area contributed by atoms with Crippen LogP contribution in [0.25, 0.3) is 11.0 Å². The smallest absolute Gasteiger partial charge is 0.265 e. The molecule has 1 aliphatic rings. The Morgan fingerprint density at radius 2 is 1.97 bits per heavy atom. The zero-order valence-electron chi connectivity index (χ0n) is 16.4. The van der Waals surface area contributed by atoms with E-state index in [1.165, 1.54) is 0 Å². The molecule has 0 aliphatic carbocycles. The molecule has 3 N–H and O–H groups in total. The predicted octanol–water partition coefficient (Wildman–Crippen LogP) is 2.58. The van der Waals surface area contributed by atoms with Gasteiger partial charge in [-0.1, -0.05) is 24.3 Å². The molecule has 0 saturated carbocycles. The number of fused-ring (bicyclic) bond motifs is 2. The Balaban J connectivity index is 1.42. The molecule has 4 rings (SSSR count). The van der Waals surface area contributed by atoms with Gasteiger partial charge < -0.3 is 19.8 Å². The number of rotatable bonds is 7. The fraction of sp³-hybridized carbons (Fsp3) is 0.286. The first kappa shape index (κ1) is 20.1. The van der Waals surface area contributed by atoms with E-state index in [-0.39, 0.29) is 12.5 Å². The summed E-state index contributed by atoms with van der Waals surface area (Å²) in [5.41, 5.74) is 1.58. The van der Waals surface area contributed by atoms with Gasteiger partial charge in [-0.25, -0.2) is 4.98 Å². The van der Waals surface area contributed by atoms with E-state index in [4.69, 9.17) is 9.47 Å². The molecule has 156 valence electrons. The summed E-state index contributed by atoms with van der Waals surface area (Å²) in [6.07, 6.45) is 1.60. The SMILES string of the molecule is CSCCC(NC(=O)C1COc2ccccc2O1)C(=O)Nc1nc2ccccc2[nH]1. The molecular weight excluding hydrogens is 404 g/mol. The Morgan fingerprint density at radius 3 is 2.77 bits per heavy atom. The summed E-state index contributed by atoms with van der Waals surface area (Å²) in [6.45, 7) is 0.0866. The van der Waals surface area contributed by atoms with Gasteiger partial charge in [0, 0.05) is 0 Å². The van der Waals surface area contributed by atoms with Gasteiger partial charge >= 0.3 is 0 Å². The number of H-pyrrole nitrogens is 1. The maximum atomic E-state index is 12.8. The largest absolute Gasteiger partial charge is 0.485 e. The summed E-state index contributed by atoms with van der Waals surface area (Å²) >= 11 is 1.60. The molecule has 0 bridgehead atoms. The molecule has 1 aliphatic heterocycles. The number of para-hydroxylation sites is 4. The van der Waals surface area contributed by atoms with E-state index >= 15 is 0 Å². The third kappa shape index (κ3) is 4.51. The van der Waals surface area contributed by atoms with Gasteiger partial charge in [0.1, 0.15) is 12.6 Å². The van der Waals surface area contributed by atoms with E-state index < -0.39 is 18.1 Å². The maximum Gasteiger partial charge on any atom is 0.265 e. The predicted molar refractivity (Wildman–Crippen MR) is 116 cm³/mol. The van der Waals surface area contributed by atoms with Crippen LogP contribution in [0.5, 0.6) is 11.5 Å². The van der Waals surface area contributed by atoms with E-state index in [0.717, 1.165) is 11.0 Å². The lowest BCUT2D eigenvalue weighted by atomic mass is 10.2. The Kier molecular flexibility index (Phi) is 6.08. The van der Waals surface area contributed by atoms with Gasteiger partial charge in [-0.05, 0) is 42.7 Å². The fourth-order valence-electron chi connectivity index (χ4n) is 3.13. The summed E-state index contributed by atoms with van der Waals surface area (Å²) in [5, 5.41) is 5.56. The molecule has 0 saturated heterocycles. The lowest BCUT2D eigenvalue weighted by Gasteiger charge is -2.27. The zero-order valence-corrected chi connectivity index (χ0v) is 17.2. The van der Waals surface area contributed by atoms with E-state index in [1.807, 2.05) is 42.7 Å². The number of carbonyl (C=O) groups excluding carboxylic acids is 2. The number of carbonyl (C=O) groups is 2. The molecular formula is C21H22N4O4S. The van der Waals surface area contributed by atoms with E-state index in [0.29, 0.717) is 29.6 Å². The molecule has 2 amide bonds. The van der Waals surface area contributed by atoms with Crippen LogP contribution in [0.3, 0.4) is 0 Å². The van der Waals surface area contributed by atoms with Crippen molar-refractivity contribution in [1.29, 1.82) is 0 Å². The number of imidazole rings is 1. The van der Waals surface area contributed by atoms with Crippen molar-refractivity contribution in [3.8, 4) is 11.5 Å². The Morgan fingerprint density at radius 1 is 1.20 bits per heavy atom. The van der Waals surface area contributed by atoms with Crippen molar-refractivity contribution in [2.75, 3.05) is 23.9 Å². The normalized spacial score (nSPS) is 16.1. The molecule has 2 atom stereocenters. The molecule has 0 spiro atoms. The Labute approximate surface area is 177 Å². The molecule has 2 heterocycles. The minimum absolute atomic E-state index is 0.0866. The van der Waals surface area contributed by atoms with Gasteiger partial charge in [-0.15, -0.1) is 0 Å². The van der Waals surface area contributed by atoms with Crippen molar-refractivity contribution in [2.24, 2.45) is 0 Å². The third-order valence-corrected chi connectivity index (χ3v) is 5.32. The van der Waals surface area contributed by atoms with Crippen LogP contribution in [0.1, 0.15) is 6.42 Å². The molecule has 2 aromatic carbocycles. The first-order valence-electron chi connectivity index (χ1n) is 9.57. The van der Waals surface area contributed by atoms with Crippen molar-refractivity contribution in [2.45, 2.75) is 18.6 Å². The van der Waals surface area contributed by atoms with E-state index in [9.17, 15) is 9.59 Å². The third-order valence-electron chi connectivity index (χ3n) is 4.68. The average Bonchev–Trinajstić information content (AvgIpc) is 3.18. The van der Waals surface area contributed by atoms with Gasteiger partial charge in [0.2, 0.25) is 18.0 Å². The van der Waals surface area contributed by atoms with Gasteiger partial charge in [-0.2, -0.15) is 11.8 Å². The number of aromatic nitrogens is 2. The van der Waals surface area contributed by atoms with Gasteiger partial charge in [0.15, 0.2) is 11.5 Å². The number of anilines is 1. The number of aromatic amines is 1. The van der Waals surface area contributed by atoms with Crippen molar-refractivity contribution >= 4 is 40.6 Å². The number of benzene rings is 2. The molecule has 3 aromatic rings. The van der Waals surface area contributed by atoms with Crippen LogP contribution in [0.4, 0.5) is 5.95 Å². The number of nitrogens with one attached hydrogen (secondary N) is 3. The molecule has 2 unspecified atom stereocenters. The maximum absolute atomic E-state index is 12.8. The van der Waals surface area contributed by atoms with Gasteiger partial charge in [0.05, 0.1) is 11.0 Å². The Hall–Kier alpha value is -3.20. The van der Waals surface area contributed by atoms with Crippen LogP contribution in [-0.2, 0) is 9.59 Å². The lowest BCUT2D eigenvalue weighted by molar-refractivity contribution is -0.133. The molecule has 0 radical (unpaired) electrons. The minimum Gasteiger partial charge on any atom is -0.485 e. The van der Waals surface area contributed by atoms with Crippen LogP contribution >= 0.6 is 11.8 Å². The van der Waals surface area contributed by atoms with Crippen LogP contribution in [0.15, 0.2) is 48.5 Å². The quantitative estimate of drug-likeness (QED) is 0.536. The zero-order chi connectivity index (χ0) is 20.9. The molecule has 1 aromatic heterocycles. The Bertz CT molecular complexity index is 1020. The monoisotopic (exact) mass is 426 g/mol. The highest BCUT2D eigenvalue weighted by atomic mass is 32.2. The van der Waals surface area contributed by atoms with Crippen molar-refractivity contribution < 1.29 is 19.1 Å². The first-order valence-corrected chi connectivity index (χ1v) is 11.0. The summed E-state index contributed by atoms with van der Waals surface area (Å²) in [5.74, 6) is 1.43. The van der Waals surface area contributed by atoms with Crippen molar-refractivity contribution in [3.63, 3.8) is 0 Å². The highest BCUT2D eigenvalue weighted by Gasteiger charge is 2.30. The number of hydrogen-bond acceptors (Lipinski definition) is 6. The number of ether oxygens (including phenoxy) is 2. The summed E-state index contributed by atoms with van der Waals surface area (Å²) in [7, 11) is 0. The topological polar surface area (TPSA) is 105 Å². The van der Waals surface area contributed by atoms with Gasteiger partial charge in [-0.3, -0.25) is 14.9 Å². The van der Waals surface area contributed by atoms with Crippen molar-refractivity contribution in [1.82, 2.24) is 15.3 Å². The molecule has 8 nitrogen and oxygen atoms in total.